The largest absolute Gasteiger partial charge is 0.378 e. The number of hydrogen-bond donors (Lipinski definition) is 1. The van der Waals surface area contributed by atoms with Gasteiger partial charge in [0.05, 0.1) is 26.4 Å². The molecule has 1 N–H and O–H groups in total. The predicted octanol–water partition coefficient (Wildman–Crippen LogP) is 0.714. The van der Waals surface area contributed by atoms with Crippen LogP contribution in [0.2, 0.25) is 0 Å². The summed E-state index contributed by atoms with van der Waals surface area (Å²) < 4.78 is 24.8. The van der Waals surface area contributed by atoms with Gasteiger partial charge in [-0.2, -0.15) is 0 Å². The summed E-state index contributed by atoms with van der Waals surface area (Å²) >= 11 is 0. The summed E-state index contributed by atoms with van der Waals surface area (Å²) in [6.07, 6.45) is -0.409. The third-order valence-corrected chi connectivity index (χ3v) is 3.85. The van der Waals surface area contributed by atoms with Gasteiger partial charge in [0.15, 0.2) is 0 Å². The Morgan fingerprint density at radius 1 is 1.33 bits per heavy atom. The Balaban J connectivity index is 1.68. The zero-order chi connectivity index (χ0) is 14.7. The minimum atomic E-state index is -0.409. The van der Waals surface area contributed by atoms with E-state index in [2.05, 4.69) is 5.32 Å². The van der Waals surface area contributed by atoms with Crippen LogP contribution in [0.1, 0.15) is 11.7 Å². The summed E-state index contributed by atoms with van der Waals surface area (Å²) in [5.41, 5.74) is 0.503. The highest BCUT2D eigenvalue weighted by molar-refractivity contribution is 5.82. The Labute approximate surface area is 123 Å². The second kappa shape index (κ2) is 6.51. The molecule has 2 aliphatic rings. The molecule has 2 fully saturated rings. The van der Waals surface area contributed by atoms with Crippen molar-refractivity contribution in [1.29, 1.82) is 0 Å². The highest BCUT2D eigenvalue weighted by Crippen LogP contribution is 2.24. The van der Waals surface area contributed by atoms with Crippen LogP contribution in [0.25, 0.3) is 0 Å². The lowest BCUT2D eigenvalue weighted by Gasteiger charge is -2.36. The van der Waals surface area contributed by atoms with E-state index in [1.165, 1.54) is 6.07 Å². The number of rotatable bonds is 2. The van der Waals surface area contributed by atoms with Gasteiger partial charge in [-0.05, 0) is 6.07 Å². The fourth-order valence-electron chi connectivity index (χ4n) is 2.72. The third-order valence-electron chi connectivity index (χ3n) is 3.85. The van der Waals surface area contributed by atoms with E-state index in [4.69, 9.17) is 9.47 Å². The van der Waals surface area contributed by atoms with Crippen LogP contribution >= 0.6 is 0 Å². The molecule has 6 heteroatoms. The molecular formula is C15H19FN2O3. The SMILES string of the molecule is O=C([C@H]1COCCN1)N1CCO[C@@H](c2ccccc2F)C1. The van der Waals surface area contributed by atoms with Gasteiger partial charge >= 0.3 is 0 Å². The number of hydrogen-bond acceptors (Lipinski definition) is 4. The van der Waals surface area contributed by atoms with E-state index in [-0.39, 0.29) is 17.8 Å². The first-order valence-corrected chi connectivity index (χ1v) is 7.21. The van der Waals surface area contributed by atoms with Crippen molar-refractivity contribution in [1.82, 2.24) is 10.2 Å². The number of benzene rings is 1. The quantitative estimate of drug-likeness (QED) is 0.873. The zero-order valence-corrected chi connectivity index (χ0v) is 11.8. The van der Waals surface area contributed by atoms with Crippen LogP contribution in [0.4, 0.5) is 4.39 Å². The van der Waals surface area contributed by atoms with E-state index in [0.717, 1.165) is 0 Å². The van der Waals surface area contributed by atoms with Crippen LogP contribution in [-0.2, 0) is 14.3 Å². The molecule has 1 aromatic carbocycles. The van der Waals surface area contributed by atoms with Crippen LogP contribution in [0.3, 0.4) is 0 Å². The minimum Gasteiger partial charge on any atom is -0.378 e. The summed E-state index contributed by atoms with van der Waals surface area (Å²) in [5.74, 6) is -0.296. The lowest BCUT2D eigenvalue weighted by molar-refractivity contribution is -0.144. The third kappa shape index (κ3) is 3.23. The van der Waals surface area contributed by atoms with Gasteiger partial charge in [-0.3, -0.25) is 4.79 Å². The normalized spacial score (nSPS) is 26.6. The monoisotopic (exact) mass is 294 g/mol. The van der Waals surface area contributed by atoms with Gasteiger partial charge in [0.25, 0.3) is 0 Å². The summed E-state index contributed by atoms with van der Waals surface area (Å²) in [6.45, 7) is 3.01. The Morgan fingerprint density at radius 2 is 2.19 bits per heavy atom. The maximum atomic E-state index is 13.8. The maximum Gasteiger partial charge on any atom is 0.242 e. The highest BCUT2D eigenvalue weighted by atomic mass is 19.1. The molecule has 2 aliphatic heterocycles. The van der Waals surface area contributed by atoms with E-state index in [9.17, 15) is 9.18 Å². The molecule has 1 aromatic rings. The molecule has 5 nitrogen and oxygen atoms in total. The molecule has 0 unspecified atom stereocenters. The van der Waals surface area contributed by atoms with Crippen molar-refractivity contribution >= 4 is 5.91 Å². The van der Waals surface area contributed by atoms with Gasteiger partial charge in [-0.25, -0.2) is 4.39 Å². The Kier molecular flexibility index (Phi) is 4.48. The van der Waals surface area contributed by atoms with Crippen molar-refractivity contribution in [2.45, 2.75) is 12.1 Å². The number of nitrogens with one attached hydrogen (secondary N) is 1. The first-order chi connectivity index (χ1) is 10.3. The van der Waals surface area contributed by atoms with E-state index >= 15 is 0 Å². The standard InChI is InChI=1S/C15H19FN2O3/c16-12-4-2-1-3-11(12)14-9-18(6-8-21-14)15(19)13-10-20-7-5-17-13/h1-4,13-14,17H,5-10H2/t13-,14-/m1/s1. The first-order valence-electron chi connectivity index (χ1n) is 7.21. The van der Waals surface area contributed by atoms with Crippen molar-refractivity contribution < 1.29 is 18.7 Å². The Bertz CT molecular complexity index is 505. The van der Waals surface area contributed by atoms with Crippen LogP contribution in [0.15, 0.2) is 24.3 Å². The van der Waals surface area contributed by atoms with Gasteiger partial charge < -0.3 is 19.7 Å². The Morgan fingerprint density at radius 3 is 2.95 bits per heavy atom. The molecule has 2 heterocycles. The fourth-order valence-corrected chi connectivity index (χ4v) is 2.72. The molecule has 1 amide bonds. The van der Waals surface area contributed by atoms with Gasteiger partial charge in [-0.1, -0.05) is 18.2 Å². The van der Waals surface area contributed by atoms with Gasteiger partial charge in [0.2, 0.25) is 5.91 Å². The number of nitrogens with zero attached hydrogens (tertiary/aromatic N) is 1. The van der Waals surface area contributed by atoms with Gasteiger partial charge in [0.1, 0.15) is 18.0 Å². The predicted molar refractivity (Wildman–Crippen MR) is 74.3 cm³/mol. The smallest absolute Gasteiger partial charge is 0.242 e. The van der Waals surface area contributed by atoms with Crippen molar-refractivity contribution in [2.24, 2.45) is 0 Å². The summed E-state index contributed by atoms with van der Waals surface area (Å²) in [5, 5.41) is 3.15. The summed E-state index contributed by atoms with van der Waals surface area (Å²) in [6, 6.07) is 6.23. The number of amides is 1. The van der Waals surface area contributed by atoms with Crippen molar-refractivity contribution in [3.05, 3.63) is 35.6 Å². The first kappa shape index (κ1) is 14.4. The summed E-state index contributed by atoms with van der Waals surface area (Å²) in [4.78, 5) is 14.2. The molecule has 0 bridgehead atoms. The van der Waals surface area contributed by atoms with E-state index < -0.39 is 6.10 Å². The van der Waals surface area contributed by atoms with Crippen molar-refractivity contribution in [3.63, 3.8) is 0 Å². The maximum absolute atomic E-state index is 13.8. The second-order valence-corrected chi connectivity index (χ2v) is 5.25. The molecule has 21 heavy (non-hydrogen) atoms. The lowest BCUT2D eigenvalue weighted by atomic mass is 10.1. The van der Waals surface area contributed by atoms with E-state index in [0.29, 0.717) is 45.0 Å². The van der Waals surface area contributed by atoms with Crippen LogP contribution in [0.5, 0.6) is 0 Å². The molecule has 0 aliphatic carbocycles. The van der Waals surface area contributed by atoms with Crippen molar-refractivity contribution in [2.75, 3.05) is 39.5 Å². The van der Waals surface area contributed by atoms with E-state index in [1.54, 1.807) is 23.1 Å². The number of carbonyl (C=O) groups excluding carboxylic acids is 1. The number of ether oxygens (including phenoxy) is 2. The Hall–Kier alpha value is -1.50. The van der Waals surface area contributed by atoms with Gasteiger partial charge in [-0.15, -0.1) is 0 Å². The van der Waals surface area contributed by atoms with Crippen molar-refractivity contribution in [3.8, 4) is 0 Å². The number of halogens is 1. The molecule has 114 valence electrons. The van der Waals surface area contributed by atoms with Crippen LogP contribution < -0.4 is 5.32 Å². The number of carbonyl (C=O) groups is 1. The lowest BCUT2D eigenvalue weighted by Crippen LogP contribution is -2.55. The molecule has 2 saturated heterocycles. The molecule has 0 aromatic heterocycles. The van der Waals surface area contributed by atoms with Crippen LogP contribution in [-0.4, -0.2) is 56.3 Å². The molecule has 0 spiro atoms. The molecular weight excluding hydrogens is 275 g/mol. The minimum absolute atomic E-state index is 0.000612. The molecule has 3 rings (SSSR count). The summed E-state index contributed by atoms with van der Waals surface area (Å²) in [7, 11) is 0. The van der Waals surface area contributed by atoms with E-state index in [1.807, 2.05) is 0 Å². The second-order valence-electron chi connectivity index (χ2n) is 5.25. The fraction of sp³-hybridized carbons (Fsp3) is 0.533. The molecule has 0 radical (unpaired) electrons. The zero-order valence-electron chi connectivity index (χ0n) is 11.8. The van der Waals surface area contributed by atoms with Crippen LogP contribution in [0, 0.1) is 5.82 Å². The van der Waals surface area contributed by atoms with Gasteiger partial charge in [0, 0.05) is 18.7 Å². The topological polar surface area (TPSA) is 50.8 Å². The highest BCUT2D eigenvalue weighted by Gasteiger charge is 2.31. The average Bonchev–Trinajstić information content (AvgIpc) is 2.55. The molecule has 0 saturated carbocycles. The average molecular weight is 294 g/mol. The number of morpholine rings is 2. The molecule has 2 atom stereocenters.